The number of fused-ring (bicyclic) bond motifs is 2. The zero-order valence-electron chi connectivity index (χ0n) is 9.47. The van der Waals surface area contributed by atoms with Crippen LogP contribution in [0.2, 0.25) is 0 Å². The predicted molar refractivity (Wildman–Crippen MR) is 60.4 cm³/mol. The second-order valence-electron chi connectivity index (χ2n) is 5.12. The van der Waals surface area contributed by atoms with Gasteiger partial charge < -0.3 is 10.2 Å². The molecular formula is C12H24N2. The lowest BCUT2D eigenvalue weighted by molar-refractivity contribution is 0.0855. The lowest BCUT2D eigenvalue weighted by Crippen LogP contribution is -2.43. The molecule has 2 atom stereocenters. The Hall–Kier alpha value is -0.0800. The molecule has 1 saturated heterocycles. The van der Waals surface area contributed by atoms with E-state index in [0.717, 1.165) is 11.8 Å². The van der Waals surface area contributed by atoms with Crippen LogP contribution >= 0.6 is 0 Å². The molecule has 2 unspecified atom stereocenters. The van der Waals surface area contributed by atoms with Gasteiger partial charge in [0.1, 0.15) is 0 Å². The molecule has 2 bridgehead atoms. The summed E-state index contributed by atoms with van der Waals surface area (Å²) in [7, 11) is 2.05. The third-order valence-electron chi connectivity index (χ3n) is 3.83. The molecule has 0 radical (unpaired) electrons. The maximum Gasteiger partial charge on any atom is 0.000989 e. The second-order valence-corrected chi connectivity index (χ2v) is 5.12. The van der Waals surface area contributed by atoms with Gasteiger partial charge in [-0.2, -0.15) is 0 Å². The van der Waals surface area contributed by atoms with E-state index in [1.807, 2.05) is 7.05 Å². The van der Waals surface area contributed by atoms with Crippen molar-refractivity contribution >= 4 is 0 Å². The van der Waals surface area contributed by atoms with Crippen LogP contribution in [0, 0.1) is 11.8 Å². The van der Waals surface area contributed by atoms with Crippen molar-refractivity contribution in [2.24, 2.45) is 11.8 Å². The van der Waals surface area contributed by atoms with E-state index in [0.29, 0.717) is 0 Å². The number of likely N-dealkylation sites (tertiary alicyclic amines) is 1. The van der Waals surface area contributed by atoms with Gasteiger partial charge in [-0.15, -0.1) is 0 Å². The Morgan fingerprint density at radius 2 is 1.93 bits per heavy atom. The quantitative estimate of drug-likeness (QED) is 0.689. The summed E-state index contributed by atoms with van der Waals surface area (Å²) in [5.74, 6) is 2.08. The highest BCUT2D eigenvalue weighted by molar-refractivity contribution is 4.83. The number of piperidine rings is 1. The van der Waals surface area contributed by atoms with Gasteiger partial charge in [0.25, 0.3) is 0 Å². The van der Waals surface area contributed by atoms with Crippen molar-refractivity contribution in [2.75, 3.05) is 33.2 Å². The van der Waals surface area contributed by atoms with Crippen molar-refractivity contribution in [3.05, 3.63) is 0 Å². The van der Waals surface area contributed by atoms with E-state index < -0.39 is 0 Å². The van der Waals surface area contributed by atoms with Crippen LogP contribution in [0.1, 0.15) is 32.1 Å². The number of hydrogen-bond acceptors (Lipinski definition) is 2. The molecule has 1 saturated carbocycles. The fourth-order valence-electron chi connectivity index (χ4n) is 3.20. The standard InChI is InChI=1S/C12H24N2/c1-13-6-3-7-14-9-11-4-2-5-12(8-11)10-14/h11-13H,2-10H2,1H3. The maximum absolute atomic E-state index is 3.23. The molecule has 2 heteroatoms. The van der Waals surface area contributed by atoms with Gasteiger partial charge in [-0.1, -0.05) is 6.42 Å². The monoisotopic (exact) mass is 196 g/mol. The van der Waals surface area contributed by atoms with E-state index in [9.17, 15) is 0 Å². The number of rotatable bonds is 4. The van der Waals surface area contributed by atoms with Crippen LogP contribution < -0.4 is 5.32 Å². The van der Waals surface area contributed by atoms with Crippen LogP contribution in [0.15, 0.2) is 0 Å². The van der Waals surface area contributed by atoms with Gasteiger partial charge in [-0.05, 0) is 57.7 Å². The summed E-state index contributed by atoms with van der Waals surface area (Å²) in [6.07, 6.45) is 7.34. The zero-order chi connectivity index (χ0) is 9.80. The number of nitrogens with zero attached hydrogens (tertiary/aromatic N) is 1. The summed E-state index contributed by atoms with van der Waals surface area (Å²) in [6, 6.07) is 0. The Morgan fingerprint density at radius 1 is 1.21 bits per heavy atom. The average Bonchev–Trinajstić information content (AvgIpc) is 2.18. The molecule has 2 aliphatic rings. The first-order valence-corrected chi connectivity index (χ1v) is 6.25. The third-order valence-corrected chi connectivity index (χ3v) is 3.83. The van der Waals surface area contributed by atoms with Crippen LogP contribution in [0.3, 0.4) is 0 Å². The van der Waals surface area contributed by atoms with E-state index in [-0.39, 0.29) is 0 Å². The number of hydrogen-bond donors (Lipinski definition) is 1. The summed E-state index contributed by atoms with van der Waals surface area (Å²) in [4.78, 5) is 2.70. The first-order valence-electron chi connectivity index (χ1n) is 6.25. The summed E-state index contributed by atoms with van der Waals surface area (Å²) < 4.78 is 0. The summed E-state index contributed by atoms with van der Waals surface area (Å²) in [6.45, 7) is 5.26. The van der Waals surface area contributed by atoms with Gasteiger partial charge >= 0.3 is 0 Å². The van der Waals surface area contributed by atoms with Crippen LogP contribution in [0.5, 0.6) is 0 Å². The van der Waals surface area contributed by atoms with Gasteiger partial charge in [0, 0.05) is 13.1 Å². The normalized spacial score (nSPS) is 33.2. The highest BCUT2D eigenvalue weighted by Gasteiger charge is 2.29. The Bertz CT molecular complexity index is 158. The van der Waals surface area contributed by atoms with Crippen LogP contribution in [0.25, 0.3) is 0 Å². The Labute approximate surface area is 88.1 Å². The van der Waals surface area contributed by atoms with Crippen LogP contribution in [-0.4, -0.2) is 38.1 Å². The molecule has 2 fully saturated rings. The van der Waals surface area contributed by atoms with E-state index in [1.165, 1.54) is 58.3 Å². The van der Waals surface area contributed by atoms with Crippen LogP contribution in [-0.2, 0) is 0 Å². The molecule has 0 spiro atoms. The minimum Gasteiger partial charge on any atom is -0.320 e. The largest absolute Gasteiger partial charge is 0.320 e. The van der Waals surface area contributed by atoms with Gasteiger partial charge in [-0.3, -0.25) is 0 Å². The molecular weight excluding hydrogens is 172 g/mol. The lowest BCUT2D eigenvalue weighted by Gasteiger charge is -2.41. The first-order chi connectivity index (χ1) is 6.88. The maximum atomic E-state index is 3.23. The topological polar surface area (TPSA) is 15.3 Å². The van der Waals surface area contributed by atoms with E-state index in [4.69, 9.17) is 0 Å². The van der Waals surface area contributed by atoms with E-state index >= 15 is 0 Å². The molecule has 14 heavy (non-hydrogen) atoms. The minimum absolute atomic E-state index is 1.04. The molecule has 0 amide bonds. The molecule has 0 aromatic carbocycles. The van der Waals surface area contributed by atoms with Crippen molar-refractivity contribution in [3.63, 3.8) is 0 Å². The number of nitrogens with one attached hydrogen (secondary N) is 1. The molecule has 2 nitrogen and oxygen atoms in total. The van der Waals surface area contributed by atoms with E-state index in [2.05, 4.69) is 10.2 Å². The second kappa shape index (κ2) is 5.13. The fraction of sp³-hybridized carbons (Fsp3) is 1.00. The van der Waals surface area contributed by atoms with Crippen LogP contribution in [0.4, 0.5) is 0 Å². The molecule has 1 aliphatic heterocycles. The average molecular weight is 196 g/mol. The zero-order valence-corrected chi connectivity index (χ0v) is 9.47. The molecule has 2 rings (SSSR count). The first kappa shape index (κ1) is 10.4. The van der Waals surface area contributed by atoms with Crippen molar-refractivity contribution in [2.45, 2.75) is 32.1 Å². The SMILES string of the molecule is CNCCCN1CC2CCCC(C2)C1. The lowest BCUT2D eigenvalue weighted by atomic mass is 9.78. The van der Waals surface area contributed by atoms with Crippen molar-refractivity contribution in [3.8, 4) is 0 Å². The fourth-order valence-corrected chi connectivity index (χ4v) is 3.20. The van der Waals surface area contributed by atoms with Gasteiger partial charge in [0.15, 0.2) is 0 Å². The van der Waals surface area contributed by atoms with Gasteiger partial charge in [0.2, 0.25) is 0 Å². The summed E-state index contributed by atoms with van der Waals surface area (Å²) in [5, 5.41) is 3.23. The Morgan fingerprint density at radius 3 is 2.57 bits per heavy atom. The van der Waals surface area contributed by atoms with Crippen molar-refractivity contribution < 1.29 is 0 Å². The summed E-state index contributed by atoms with van der Waals surface area (Å²) >= 11 is 0. The Balaban J connectivity index is 1.72. The molecule has 1 N–H and O–H groups in total. The van der Waals surface area contributed by atoms with Gasteiger partial charge in [-0.25, -0.2) is 0 Å². The van der Waals surface area contributed by atoms with E-state index in [1.54, 1.807) is 0 Å². The minimum atomic E-state index is 1.04. The Kier molecular flexibility index (Phi) is 3.82. The molecule has 1 aliphatic carbocycles. The molecule has 82 valence electrons. The predicted octanol–water partition coefficient (Wildman–Crippen LogP) is 1.72. The van der Waals surface area contributed by atoms with Crippen molar-refractivity contribution in [1.29, 1.82) is 0 Å². The smallest absolute Gasteiger partial charge is 0.000989 e. The summed E-state index contributed by atoms with van der Waals surface area (Å²) in [5.41, 5.74) is 0. The van der Waals surface area contributed by atoms with Gasteiger partial charge in [0.05, 0.1) is 0 Å². The third kappa shape index (κ3) is 2.71. The highest BCUT2D eigenvalue weighted by atomic mass is 15.1. The molecule has 1 heterocycles. The molecule has 0 aromatic rings. The van der Waals surface area contributed by atoms with Crippen molar-refractivity contribution in [1.82, 2.24) is 10.2 Å². The molecule has 0 aromatic heterocycles. The highest BCUT2D eigenvalue weighted by Crippen LogP contribution is 2.34.